The van der Waals surface area contributed by atoms with Crippen molar-refractivity contribution in [2.45, 2.75) is 27.2 Å². The molecule has 126 valence electrons. The molecule has 0 fully saturated rings. The summed E-state index contributed by atoms with van der Waals surface area (Å²) in [6.07, 6.45) is 1.39. The third kappa shape index (κ3) is 5.36. The predicted molar refractivity (Wildman–Crippen MR) is 80.7 cm³/mol. The number of hydrogen-bond acceptors (Lipinski definition) is 7. The maximum atomic E-state index is 12.0. The highest BCUT2D eigenvalue weighted by molar-refractivity contribution is 5.96. The van der Waals surface area contributed by atoms with Gasteiger partial charge in [0.2, 0.25) is 0 Å². The molecule has 1 aromatic heterocycles. The second-order valence-electron chi connectivity index (χ2n) is 4.48. The molecule has 7 nitrogen and oxygen atoms in total. The summed E-state index contributed by atoms with van der Waals surface area (Å²) in [5.74, 6) is -3.13. The van der Waals surface area contributed by atoms with Crippen molar-refractivity contribution in [3.8, 4) is 0 Å². The van der Waals surface area contributed by atoms with Gasteiger partial charge in [-0.1, -0.05) is 0 Å². The number of esters is 3. The van der Waals surface area contributed by atoms with E-state index in [1.165, 1.54) is 12.3 Å². The van der Waals surface area contributed by atoms with Crippen molar-refractivity contribution in [2.24, 2.45) is 5.92 Å². The van der Waals surface area contributed by atoms with Crippen LogP contribution in [0.4, 0.5) is 0 Å². The zero-order valence-electron chi connectivity index (χ0n) is 13.5. The van der Waals surface area contributed by atoms with Crippen LogP contribution in [0.1, 0.15) is 36.8 Å². The van der Waals surface area contributed by atoms with Crippen molar-refractivity contribution < 1.29 is 28.6 Å². The van der Waals surface area contributed by atoms with Gasteiger partial charge in [0.25, 0.3) is 0 Å². The second-order valence-corrected chi connectivity index (χ2v) is 4.48. The highest BCUT2D eigenvalue weighted by Gasteiger charge is 2.31. The summed E-state index contributed by atoms with van der Waals surface area (Å²) in [4.78, 5) is 40.0. The zero-order chi connectivity index (χ0) is 17.2. The Hall–Kier alpha value is -2.44. The van der Waals surface area contributed by atoms with Crippen LogP contribution in [-0.2, 0) is 30.2 Å². The molecule has 0 N–H and O–H groups in total. The van der Waals surface area contributed by atoms with Crippen LogP contribution in [0.15, 0.2) is 18.3 Å². The van der Waals surface area contributed by atoms with Crippen molar-refractivity contribution in [1.29, 1.82) is 0 Å². The van der Waals surface area contributed by atoms with Gasteiger partial charge in [-0.05, 0) is 32.9 Å². The highest BCUT2D eigenvalue weighted by atomic mass is 16.6. The van der Waals surface area contributed by atoms with Gasteiger partial charge in [-0.15, -0.1) is 0 Å². The Labute approximate surface area is 134 Å². The molecule has 1 rings (SSSR count). The molecular formula is C16H21NO6. The monoisotopic (exact) mass is 323 g/mol. The number of hydrogen-bond donors (Lipinski definition) is 0. The normalized spacial score (nSPS) is 10.3. The fourth-order valence-corrected chi connectivity index (χ4v) is 1.94. The van der Waals surface area contributed by atoms with E-state index in [-0.39, 0.29) is 37.5 Å². The van der Waals surface area contributed by atoms with Crippen molar-refractivity contribution in [3.63, 3.8) is 0 Å². The first-order valence-corrected chi connectivity index (χ1v) is 7.49. The number of nitrogens with zero attached hydrogens (tertiary/aromatic N) is 1. The topological polar surface area (TPSA) is 91.8 Å². The van der Waals surface area contributed by atoms with Gasteiger partial charge in [0.1, 0.15) is 0 Å². The molecule has 0 aliphatic rings. The second kappa shape index (κ2) is 9.55. The van der Waals surface area contributed by atoms with Crippen LogP contribution in [0.2, 0.25) is 0 Å². The summed E-state index contributed by atoms with van der Waals surface area (Å²) in [5, 5.41) is 0. The fourth-order valence-electron chi connectivity index (χ4n) is 1.94. The lowest BCUT2D eigenvalue weighted by molar-refractivity contribution is -0.161. The molecule has 0 atom stereocenters. The Bertz CT molecular complexity index is 539. The number of rotatable bonds is 8. The van der Waals surface area contributed by atoms with Crippen LogP contribution in [0.3, 0.4) is 0 Å². The summed E-state index contributed by atoms with van der Waals surface area (Å²) in [5.41, 5.74) is 0.505. The maximum Gasteiger partial charge on any atom is 0.339 e. The van der Waals surface area contributed by atoms with E-state index in [1.807, 2.05) is 0 Å². The molecule has 0 spiro atoms. The Balaban J connectivity index is 3.05. The predicted octanol–water partition coefficient (Wildman–Crippen LogP) is 1.54. The van der Waals surface area contributed by atoms with Gasteiger partial charge >= 0.3 is 17.9 Å². The lowest BCUT2D eigenvalue weighted by Gasteiger charge is -2.15. The van der Waals surface area contributed by atoms with Crippen LogP contribution in [0, 0.1) is 5.92 Å². The summed E-state index contributed by atoms with van der Waals surface area (Å²) in [7, 11) is 0. The Morgan fingerprint density at radius 2 is 1.57 bits per heavy atom. The van der Waals surface area contributed by atoms with Crippen molar-refractivity contribution in [2.75, 3.05) is 19.8 Å². The van der Waals surface area contributed by atoms with Gasteiger partial charge in [0, 0.05) is 12.6 Å². The van der Waals surface area contributed by atoms with Crippen LogP contribution in [0.5, 0.6) is 0 Å². The molecule has 0 aromatic carbocycles. The van der Waals surface area contributed by atoms with E-state index >= 15 is 0 Å². The third-order valence-corrected chi connectivity index (χ3v) is 2.93. The average Bonchev–Trinajstić information content (AvgIpc) is 2.53. The molecule has 0 amide bonds. The number of aromatic nitrogens is 1. The summed E-state index contributed by atoms with van der Waals surface area (Å²) in [6.45, 7) is 5.47. The van der Waals surface area contributed by atoms with Gasteiger partial charge in [-0.2, -0.15) is 0 Å². The maximum absolute atomic E-state index is 12.0. The molecule has 0 aliphatic heterocycles. The first kappa shape index (κ1) is 18.6. The lowest BCUT2D eigenvalue weighted by Crippen LogP contribution is -2.31. The Morgan fingerprint density at radius 1 is 1.00 bits per heavy atom. The summed E-state index contributed by atoms with van der Waals surface area (Å²) < 4.78 is 14.8. The molecule has 7 heteroatoms. The summed E-state index contributed by atoms with van der Waals surface area (Å²) in [6, 6.07) is 3.12. The van der Waals surface area contributed by atoms with E-state index < -0.39 is 23.8 Å². The number of ether oxygens (including phenoxy) is 3. The SMILES string of the molecule is CCOC(=O)c1cccnc1CC(C(=O)OCC)C(=O)OCC. The minimum atomic E-state index is -1.17. The average molecular weight is 323 g/mol. The molecule has 1 heterocycles. The fraction of sp³-hybridized carbons (Fsp3) is 0.500. The summed E-state index contributed by atoms with van der Waals surface area (Å²) >= 11 is 0. The zero-order valence-corrected chi connectivity index (χ0v) is 13.5. The largest absolute Gasteiger partial charge is 0.465 e. The van der Waals surface area contributed by atoms with Crippen LogP contribution >= 0.6 is 0 Å². The van der Waals surface area contributed by atoms with Gasteiger partial charge < -0.3 is 14.2 Å². The van der Waals surface area contributed by atoms with E-state index in [4.69, 9.17) is 14.2 Å². The minimum Gasteiger partial charge on any atom is -0.465 e. The van der Waals surface area contributed by atoms with Crippen LogP contribution < -0.4 is 0 Å². The number of carbonyl (C=O) groups excluding carboxylic acids is 3. The quantitative estimate of drug-likeness (QED) is 0.407. The lowest BCUT2D eigenvalue weighted by atomic mass is 10.00. The first-order chi connectivity index (χ1) is 11.0. The number of carbonyl (C=O) groups is 3. The smallest absolute Gasteiger partial charge is 0.339 e. The molecule has 23 heavy (non-hydrogen) atoms. The Morgan fingerprint density at radius 3 is 2.09 bits per heavy atom. The van der Waals surface area contributed by atoms with E-state index in [1.54, 1.807) is 26.8 Å². The Kier molecular flexibility index (Phi) is 7.73. The molecule has 0 saturated carbocycles. The van der Waals surface area contributed by atoms with Crippen LogP contribution in [0.25, 0.3) is 0 Å². The van der Waals surface area contributed by atoms with Gasteiger partial charge in [-0.3, -0.25) is 14.6 Å². The highest BCUT2D eigenvalue weighted by Crippen LogP contribution is 2.16. The van der Waals surface area contributed by atoms with Crippen molar-refractivity contribution in [1.82, 2.24) is 4.98 Å². The minimum absolute atomic E-state index is 0.0906. The molecule has 1 aromatic rings. The standard InChI is InChI=1S/C16H21NO6/c1-4-21-14(18)11-8-7-9-17-13(11)10-12(15(19)22-5-2)16(20)23-6-3/h7-9,12H,4-6,10H2,1-3H3. The van der Waals surface area contributed by atoms with Gasteiger partial charge in [0.05, 0.1) is 31.1 Å². The molecule has 0 bridgehead atoms. The van der Waals surface area contributed by atoms with Gasteiger partial charge in [-0.25, -0.2) is 4.79 Å². The van der Waals surface area contributed by atoms with E-state index in [2.05, 4.69) is 4.98 Å². The number of pyridine rings is 1. The third-order valence-electron chi connectivity index (χ3n) is 2.93. The van der Waals surface area contributed by atoms with E-state index in [0.29, 0.717) is 0 Å². The molecule has 0 aliphatic carbocycles. The molecular weight excluding hydrogens is 302 g/mol. The van der Waals surface area contributed by atoms with Gasteiger partial charge in [0.15, 0.2) is 5.92 Å². The molecule has 0 saturated heterocycles. The molecule has 0 radical (unpaired) electrons. The van der Waals surface area contributed by atoms with Crippen molar-refractivity contribution in [3.05, 3.63) is 29.6 Å². The first-order valence-electron chi connectivity index (χ1n) is 7.49. The molecule has 0 unspecified atom stereocenters. The van der Waals surface area contributed by atoms with E-state index in [0.717, 1.165) is 0 Å². The van der Waals surface area contributed by atoms with Crippen LogP contribution in [-0.4, -0.2) is 42.7 Å². The van der Waals surface area contributed by atoms with E-state index in [9.17, 15) is 14.4 Å². The van der Waals surface area contributed by atoms with Crippen molar-refractivity contribution >= 4 is 17.9 Å².